The van der Waals surface area contributed by atoms with Gasteiger partial charge >= 0.3 is 6.03 Å². The predicted molar refractivity (Wildman–Crippen MR) is 203 cm³/mol. The van der Waals surface area contributed by atoms with E-state index < -0.39 is 73.2 Å². The summed E-state index contributed by atoms with van der Waals surface area (Å²) in [7, 11) is -3.59. The van der Waals surface area contributed by atoms with Gasteiger partial charge in [0.2, 0.25) is 17.6 Å². The Bertz CT molecular complexity index is 1640. The van der Waals surface area contributed by atoms with E-state index in [4.69, 9.17) is 5.73 Å². The molecule has 12 nitrogen and oxygen atoms in total. The summed E-state index contributed by atoms with van der Waals surface area (Å²) < 4.78 is 25.9. The Morgan fingerprint density at radius 3 is 2.00 bits per heavy atom. The van der Waals surface area contributed by atoms with Gasteiger partial charge in [-0.05, 0) is 93.6 Å². The highest BCUT2D eigenvalue weighted by Gasteiger charge is 2.51. The van der Waals surface area contributed by atoms with E-state index in [-0.39, 0.29) is 30.1 Å². The first-order valence-corrected chi connectivity index (χ1v) is 21.2. The normalized spacial score (nSPS) is 23.3. The number of benzene rings is 1. The zero-order valence-corrected chi connectivity index (χ0v) is 33.3. The molecule has 0 bridgehead atoms. The monoisotopic (exact) mass is 755 g/mol. The van der Waals surface area contributed by atoms with Crippen molar-refractivity contribution in [2.24, 2.45) is 28.9 Å². The van der Waals surface area contributed by atoms with Crippen LogP contribution in [0.15, 0.2) is 24.3 Å². The van der Waals surface area contributed by atoms with Gasteiger partial charge in [0.25, 0.3) is 5.91 Å². The summed E-state index contributed by atoms with van der Waals surface area (Å²) in [4.78, 5) is 70.0. The number of rotatable bonds is 12. The molecule has 0 spiro atoms. The highest BCUT2D eigenvalue weighted by atomic mass is 32.2. The molecule has 1 aromatic rings. The van der Waals surface area contributed by atoms with Crippen LogP contribution in [-0.4, -0.2) is 83.6 Å². The molecule has 53 heavy (non-hydrogen) atoms. The van der Waals surface area contributed by atoms with E-state index in [9.17, 15) is 32.4 Å². The minimum atomic E-state index is -3.59. The van der Waals surface area contributed by atoms with Crippen molar-refractivity contribution < 1.29 is 32.4 Å². The summed E-state index contributed by atoms with van der Waals surface area (Å²) >= 11 is 0. The van der Waals surface area contributed by atoms with Crippen LogP contribution in [0.3, 0.4) is 0 Å². The van der Waals surface area contributed by atoms with Gasteiger partial charge in [0.1, 0.15) is 12.1 Å². The minimum absolute atomic E-state index is 0.196. The fraction of sp³-hybridized carbons (Fsp3) is 0.725. The SMILES string of the molecule is CC(C)(C)C1CCN(C(=O)[C@@H](NC(=O)NC2(CS(=O)(=O)C(C)(C)C)CCCCC2)C2Cc3ccccc3C2)C1C(=O)NC(CC1CCC1)C(=O)C(N)=O. The number of carbonyl (C=O) groups excluding carboxylic acids is 5. The number of primary amides is 1. The van der Waals surface area contributed by atoms with Crippen molar-refractivity contribution in [3.8, 4) is 0 Å². The molecule has 5 N–H and O–H groups in total. The van der Waals surface area contributed by atoms with E-state index >= 15 is 0 Å². The van der Waals surface area contributed by atoms with E-state index in [2.05, 4.69) is 16.0 Å². The quantitative estimate of drug-likeness (QED) is 0.233. The van der Waals surface area contributed by atoms with Gasteiger partial charge < -0.3 is 26.6 Å². The second-order valence-corrected chi connectivity index (χ2v) is 21.0. The number of hydrogen-bond acceptors (Lipinski definition) is 7. The van der Waals surface area contributed by atoms with Crippen LogP contribution in [0.5, 0.6) is 0 Å². The molecule has 4 aliphatic rings. The Morgan fingerprint density at radius 2 is 1.49 bits per heavy atom. The lowest BCUT2D eigenvalue weighted by atomic mass is 9.75. The molecule has 5 amide bonds. The third-order valence-electron chi connectivity index (χ3n) is 12.4. The molecule has 3 aliphatic carbocycles. The smallest absolute Gasteiger partial charge is 0.315 e. The van der Waals surface area contributed by atoms with Crippen LogP contribution in [-0.2, 0) is 41.9 Å². The Labute approximate surface area is 315 Å². The Balaban J connectivity index is 1.44. The number of amides is 5. The summed E-state index contributed by atoms with van der Waals surface area (Å²) in [6.07, 6.45) is 8.27. The van der Waals surface area contributed by atoms with E-state index in [1.165, 1.54) is 0 Å². The first-order valence-electron chi connectivity index (χ1n) is 19.5. The number of hydrogen-bond donors (Lipinski definition) is 4. The molecule has 3 unspecified atom stereocenters. The molecule has 294 valence electrons. The van der Waals surface area contributed by atoms with Crippen LogP contribution >= 0.6 is 0 Å². The zero-order chi connectivity index (χ0) is 38.9. The summed E-state index contributed by atoms with van der Waals surface area (Å²) in [6.45, 7) is 11.3. The van der Waals surface area contributed by atoms with Gasteiger partial charge in [-0.2, -0.15) is 0 Å². The fourth-order valence-corrected chi connectivity index (χ4v) is 10.4. The average Bonchev–Trinajstić information content (AvgIpc) is 3.69. The topological polar surface area (TPSA) is 185 Å². The first-order chi connectivity index (χ1) is 24.7. The number of ketones is 1. The number of fused-ring (bicyclic) bond motifs is 1. The van der Waals surface area contributed by atoms with Crippen molar-refractivity contribution >= 4 is 39.4 Å². The molecule has 1 saturated heterocycles. The summed E-state index contributed by atoms with van der Waals surface area (Å²) in [5.41, 5.74) is 6.21. The van der Waals surface area contributed by atoms with Gasteiger partial charge in [0.05, 0.1) is 22.1 Å². The largest absolute Gasteiger partial charge is 0.363 e. The Hall–Kier alpha value is -3.48. The van der Waals surface area contributed by atoms with Gasteiger partial charge in [-0.15, -0.1) is 0 Å². The molecule has 0 aromatic heterocycles. The van der Waals surface area contributed by atoms with Crippen LogP contribution in [0, 0.1) is 23.2 Å². The van der Waals surface area contributed by atoms with Gasteiger partial charge in [0.15, 0.2) is 9.84 Å². The number of nitrogens with one attached hydrogen (secondary N) is 3. The van der Waals surface area contributed by atoms with E-state index in [0.29, 0.717) is 38.5 Å². The van der Waals surface area contributed by atoms with Gasteiger partial charge in [-0.3, -0.25) is 19.2 Å². The van der Waals surface area contributed by atoms with Crippen molar-refractivity contribution in [1.82, 2.24) is 20.9 Å². The predicted octanol–water partition coefficient (Wildman–Crippen LogP) is 3.98. The van der Waals surface area contributed by atoms with Crippen LogP contribution in [0.2, 0.25) is 0 Å². The van der Waals surface area contributed by atoms with Crippen molar-refractivity contribution in [3.05, 3.63) is 35.4 Å². The maximum absolute atomic E-state index is 15.0. The third kappa shape index (κ3) is 9.25. The summed E-state index contributed by atoms with van der Waals surface area (Å²) in [5, 5.41) is 8.92. The van der Waals surface area contributed by atoms with Gasteiger partial charge in [-0.25, -0.2) is 13.2 Å². The van der Waals surface area contributed by atoms with E-state index in [1.54, 1.807) is 25.7 Å². The molecule has 1 heterocycles. The Morgan fingerprint density at radius 1 is 0.887 bits per heavy atom. The van der Waals surface area contributed by atoms with Crippen LogP contribution < -0.4 is 21.7 Å². The average molecular weight is 756 g/mol. The molecule has 1 aliphatic heterocycles. The third-order valence-corrected chi connectivity index (χ3v) is 15.2. The molecule has 3 fully saturated rings. The molecular formula is C40H61N5O7S. The number of urea groups is 1. The lowest BCUT2D eigenvalue weighted by Crippen LogP contribution is -2.63. The second-order valence-electron chi connectivity index (χ2n) is 18.3. The lowest BCUT2D eigenvalue weighted by molar-refractivity contribution is -0.144. The fourth-order valence-electron chi connectivity index (χ4n) is 8.91. The first kappa shape index (κ1) is 40.7. The lowest BCUT2D eigenvalue weighted by Gasteiger charge is -2.40. The summed E-state index contributed by atoms with van der Waals surface area (Å²) in [6, 6.07) is 4.27. The van der Waals surface area contributed by atoms with E-state index in [0.717, 1.165) is 49.7 Å². The minimum Gasteiger partial charge on any atom is -0.363 e. The number of carbonyl (C=O) groups is 5. The molecule has 0 radical (unpaired) electrons. The zero-order valence-electron chi connectivity index (χ0n) is 32.5. The summed E-state index contributed by atoms with van der Waals surface area (Å²) in [5.74, 6) is -3.46. The van der Waals surface area contributed by atoms with E-state index in [1.807, 2.05) is 45.0 Å². The number of sulfone groups is 1. The maximum Gasteiger partial charge on any atom is 0.315 e. The number of nitrogens with two attached hydrogens (primary N) is 1. The Kier molecular flexibility index (Phi) is 12.1. The number of Topliss-reactive ketones (excluding diaryl/α,β-unsaturated/α-hetero) is 1. The molecule has 5 rings (SSSR count). The van der Waals surface area contributed by atoms with Crippen molar-refractivity contribution in [2.45, 2.75) is 147 Å². The molecule has 2 saturated carbocycles. The number of nitrogens with zero attached hydrogens (tertiary/aromatic N) is 1. The maximum atomic E-state index is 15.0. The van der Waals surface area contributed by atoms with Gasteiger partial charge in [-0.1, -0.05) is 83.6 Å². The molecule has 13 heteroatoms. The van der Waals surface area contributed by atoms with Crippen molar-refractivity contribution in [3.63, 3.8) is 0 Å². The van der Waals surface area contributed by atoms with Crippen molar-refractivity contribution in [2.75, 3.05) is 12.3 Å². The molecule has 4 atom stereocenters. The second kappa shape index (κ2) is 15.7. The van der Waals surface area contributed by atoms with Crippen LogP contribution in [0.1, 0.15) is 117 Å². The van der Waals surface area contributed by atoms with Gasteiger partial charge in [0, 0.05) is 6.54 Å². The highest BCUT2D eigenvalue weighted by molar-refractivity contribution is 7.92. The molecular weight excluding hydrogens is 695 g/mol. The van der Waals surface area contributed by atoms with Crippen LogP contribution in [0.4, 0.5) is 4.79 Å². The molecule has 1 aromatic carbocycles. The standard InChI is InChI=1S/C40H61N5O7S/c1-38(2,3)29-17-20-45(32(29)35(48)42-30(33(46)34(41)47)21-25-13-12-14-25)36(49)31(28-22-26-15-8-9-16-27(26)23-28)43-37(50)44-40(18-10-7-11-19-40)24-53(51,52)39(4,5)6/h8-9,15-16,25,28-32H,7,10-14,17-24H2,1-6H3,(H2,41,47)(H,42,48)(H2,43,44,50)/t29?,30?,31-,32?/m0/s1. The number of likely N-dealkylation sites (tertiary alicyclic amines) is 1. The highest BCUT2D eigenvalue weighted by Crippen LogP contribution is 2.41. The van der Waals surface area contributed by atoms with Crippen LogP contribution in [0.25, 0.3) is 0 Å². The van der Waals surface area contributed by atoms with Crippen molar-refractivity contribution in [1.29, 1.82) is 0 Å².